The maximum absolute atomic E-state index is 3.50. The van der Waals surface area contributed by atoms with Gasteiger partial charge in [-0.3, -0.25) is 0 Å². The summed E-state index contributed by atoms with van der Waals surface area (Å²) in [5.41, 5.74) is 1.89. The third-order valence-corrected chi connectivity index (χ3v) is 3.80. The molecule has 1 aromatic carbocycles. The maximum Gasteiger partial charge on any atom is 0.0175 e. The minimum atomic E-state index is 0.448. The second-order valence-corrected chi connectivity index (χ2v) is 7.17. The molecule has 0 aliphatic rings. The molecular formula is C16H26BrN. The van der Waals surface area contributed by atoms with Gasteiger partial charge in [0, 0.05) is 11.0 Å². The lowest BCUT2D eigenvalue weighted by atomic mass is 9.86. The Kier molecular flexibility index (Phi) is 6.37. The first-order chi connectivity index (χ1) is 8.42. The van der Waals surface area contributed by atoms with E-state index in [1.54, 1.807) is 0 Å². The molecule has 1 nitrogen and oxygen atoms in total. The second-order valence-electron chi connectivity index (χ2n) is 6.26. The summed E-state index contributed by atoms with van der Waals surface area (Å²) in [6, 6.07) is 8.76. The van der Waals surface area contributed by atoms with E-state index >= 15 is 0 Å². The maximum atomic E-state index is 3.50. The molecule has 1 rings (SSSR count). The average Bonchev–Trinajstić information content (AvgIpc) is 2.27. The Balaban J connectivity index is 2.57. The fraction of sp³-hybridized carbons (Fsp3) is 0.625. The van der Waals surface area contributed by atoms with Crippen molar-refractivity contribution in [3.63, 3.8) is 0 Å². The highest BCUT2D eigenvalue weighted by atomic mass is 79.9. The SMILES string of the molecule is CNCC(CCCC(C)(C)C)c1ccc(Br)cc1. The summed E-state index contributed by atoms with van der Waals surface area (Å²) in [5, 5.41) is 3.32. The molecule has 0 bridgehead atoms. The number of benzene rings is 1. The van der Waals surface area contributed by atoms with Gasteiger partial charge in [0.2, 0.25) is 0 Å². The van der Waals surface area contributed by atoms with Crippen LogP contribution in [0.15, 0.2) is 28.7 Å². The third kappa shape index (κ3) is 6.01. The molecule has 1 unspecified atom stereocenters. The Labute approximate surface area is 120 Å². The highest BCUT2D eigenvalue weighted by molar-refractivity contribution is 9.10. The van der Waals surface area contributed by atoms with E-state index in [4.69, 9.17) is 0 Å². The van der Waals surface area contributed by atoms with Crippen molar-refractivity contribution < 1.29 is 0 Å². The fourth-order valence-electron chi connectivity index (χ4n) is 2.25. The first kappa shape index (κ1) is 15.7. The lowest BCUT2D eigenvalue weighted by molar-refractivity contribution is 0.351. The van der Waals surface area contributed by atoms with Gasteiger partial charge in [0.1, 0.15) is 0 Å². The highest BCUT2D eigenvalue weighted by Crippen LogP contribution is 2.27. The molecule has 1 aromatic rings. The number of likely N-dealkylation sites (N-methyl/N-ethyl adjacent to an activating group) is 1. The molecular weight excluding hydrogens is 286 g/mol. The standard InChI is InChI=1S/C16H26BrN/c1-16(2,3)11-5-6-14(12-18-4)13-7-9-15(17)10-8-13/h7-10,14,18H,5-6,11-12H2,1-4H3. The summed E-state index contributed by atoms with van der Waals surface area (Å²) in [6.45, 7) is 8.02. The molecule has 0 heterocycles. The van der Waals surface area contributed by atoms with E-state index in [9.17, 15) is 0 Å². The molecule has 1 N–H and O–H groups in total. The summed E-state index contributed by atoms with van der Waals surface area (Å²) in [7, 11) is 2.04. The van der Waals surface area contributed by atoms with Gasteiger partial charge in [0.15, 0.2) is 0 Å². The molecule has 2 heteroatoms. The van der Waals surface area contributed by atoms with Gasteiger partial charge in [-0.2, -0.15) is 0 Å². The van der Waals surface area contributed by atoms with Crippen molar-refractivity contribution in [2.75, 3.05) is 13.6 Å². The average molecular weight is 312 g/mol. The van der Waals surface area contributed by atoms with Crippen LogP contribution < -0.4 is 5.32 Å². The van der Waals surface area contributed by atoms with Gasteiger partial charge in [0.25, 0.3) is 0 Å². The minimum Gasteiger partial charge on any atom is -0.319 e. The van der Waals surface area contributed by atoms with Crippen LogP contribution in [0.3, 0.4) is 0 Å². The predicted octanol–water partition coefficient (Wildman–Crippen LogP) is 4.97. The number of rotatable bonds is 6. The molecule has 102 valence electrons. The van der Waals surface area contributed by atoms with Gasteiger partial charge >= 0.3 is 0 Å². The summed E-state index contributed by atoms with van der Waals surface area (Å²) < 4.78 is 1.16. The fourth-order valence-corrected chi connectivity index (χ4v) is 2.51. The summed E-state index contributed by atoms with van der Waals surface area (Å²) >= 11 is 3.50. The van der Waals surface area contributed by atoms with Crippen molar-refractivity contribution in [2.45, 2.75) is 46.0 Å². The smallest absolute Gasteiger partial charge is 0.0175 e. The Morgan fingerprint density at radius 3 is 2.28 bits per heavy atom. The zero-order valence-electron chi connectivity index (χ0n) is 12.1. The zero-order valence-corrected chi connectivity index (χ0v) is 13.7. The van der Waals surface area contributed by atoms with Crippen LogP contribution in [0, 0.1) is 5.41 Å². The first-order valence-electron chi connectivity index (χ1n) is 6.82. The number of hydrogen-bond donors (Lipinski definition) is 1. The van der Waals surface area contributed by atoms with E-state index in [1.807, 2.05) is 7.05 Å². The van der Waals surface area contributed by atoms with Gasteiger partial charge in [-0.15, -0.1) is 0 Å². The van der Waals surface area contributed by atoms with Crippen molar-refractivity contribution in [1.82, 2.24) is 5.32 Å². The van der Waals surface area contributed by atoms with Gasteiger partial charge in [-0.05, 0) is 48.9 Å². The molecule has 0 radical (unpaired) electrons. The molecule has 0 saturated heterocycles. The normalized spacial score (nSPS) is 13.6. The Morgan fingerprint density at radius 1 is 1.17 bits per heavy atom. The minimum absolute atomic E-state index is 0.448. The van der Waals surface area contributed by atoms with Gasteiger partial charge in [-0.1, -0.05) is 55.3 Å². The first-order valence-corrected chi connectivity index (χ1v) is 7.62. The van der Waals surface area contributed by atoms with E-state index in [0.29, 0.717) is 11.3 Å². The van der Waals surface area contributed by atoms with E-state index in [-0.39, 0.29) is 0 Å². The highest BCUT2D eigenvalue weighted by Gasteiger charge is 2.14. The molecule has 0 aromatic heterocycles. The molecule has 18 heavy (non-hydrogen) atoms. The largest absolute Gasteiger partial charge is 0.319 e. The molecule has 0 spiro atoms. The molecule has 0 fully saturated rings. The number of hydrogen-bond acceptors (Lipinski definition) is 1. The summed E-state index contributed by atoms with van der Waals surface area (Å²) in [6.07, 6.45) is 3.86. The topological polar surface area (TPSA) is 12.0 Å². The molecule has 0 aliphatic carbocycles. The lowest BCUT2D eigenvalue weighted by Gasteiger charge is -2.21. The second kappa shape index (κ2) is 7.30. The third-order valence-electron chi connectivity index (χ3n) is 3.27. The molecule has 0 saturated carbocycles. The molecule has 1 atom stereocenters. The van der Waals surface area contributed by atoms with E-state index in [2.05, 4.69) is 66.3 Å². The van der Waals surface area contributed by atoms with Crippen molar-refractivity contribution in [3.05, 3.63) is 34.3 Å². The van der Waals surface area contributed by atoms with E-state index < -0.39 is 0 Å². The predicted molar refractivity (Wildman–Crippen MR) is 84.1 cm³/mol. The van der Waals surface area contributed by atoms with E-state index in [1.165, 1.54) is 24.8 Å². The van der Waals surface area contributed by atoms with Crippen LogP contribution >= 0.6 is 15.9 Å². The Morgan fingerprint density at radius 2 is 1.78 bits per heavy atom. The van der Waals surface area contributed by atoms with Crippen LogP contribution in [-0.4, -0.2) is 13.6 Å². The quantitative estimate of drug-likeness (QED) is 0.782. The van der Waals surface area contributed by atoms with Crippen molar-refractivity contribution in [3.8, 4) is 0 Å². The Hall–Kier alpha value is -0.340. The number of nitrogens with one attached hydrogen (secondary N) is 1. The van der Waals surface area contributed by atoms with E-state index in [0.717, 1.165) is 11.0 Å². The van der Waals surface area contributed by atoms with Crippen LogP contribution in [0.5, 0.6) is 0 Å². The van der Waals surface area contributed by atoms with Crippen LogP contribution in [0.2, 0.25) is 0 Å². The van der Waals surface area contributed by atoms with Gasteiger partial charge < -0.3 is 5.32 Å². The van der Waals surface area contributed by atoms with Crippen LogP contribution in [0.4, 0.5) is 0 Å². The monoisotopic (exact) mass is 311 g/mol. The van der Waals surface area contributed by atoms with Crippen molar-refractivity contribution in [2.24, 2.45) is 5.41 Å². The van der Waals surface area contributed by atoms with Crippen LogP contribution in [0.25, 0.3) is 0 Å². The van der Waals surface area contributed by atoms with Gasteiger partial charge in [0.05, 0.1) is 0 Å². The van der Waals surface area contributed by atoms with Crippen molar-refractivity contribution >= 4 is 15.9 Å². The Bertz CT molecular complexity index is 337. The number of halogens is 1. The van der Waals surface area contributed by atoms with Crippen LogP contribution in [0.1, 0.15) is 51.5 Å². The zero-order chi connectivity index (χ0) is 13.6. The van der Waals surface area contributed by atoms with Gasteiger partial charge in [-0.25, -0.2) is 0 Å². The van der Waals surface area contributed by atoms with Crippen molar-refractivity contribution in [1.29, 1.82) is 0 Å². The summed E-state index contributed by atoms with van der Waals surface area (Å²) in [4.78, 5) is 0. The molecule has 0 amide bonds. The lowest BCUT2D eigenvalue weighted by Crippen LogP contribution is -2.18. The molecule has 0 aliphatic heterocycles. The van der Waals surface area contributed by atoms with Crippen LogP contribution in [-0.2, 0) is 0 Å². The summed E-state index contributed by atoms with van der Waals surface area (Å²) in [5.74, 6) is 0.630.